The zero-order valence-corrected chi connectivity index (χ0v) is 13.3. The van der Waals surface area contributed by atoms with Crippen molar-refractivity contribution in [3.8, 4) is 11.4 Å². The van der Waals surface area contributed by atoms with Gasteiger partial charge in [0, 0.05) is 37.9 Å². The Labute approximate surface area is 140 Å². The van der Waals surface area contributed by atoms with E-state index in [1.807, 2.05) is 19.1 Å². The standard InChI is InChI=1S/C15H13F3N6O/c1-9-5-10(3-4-19-9)8-24(2)14-20-6-11(7-21-14)12-22-13(25-23-12)15(16,17)18/h3-7H,8H2,1-2H3. The number of alkyl halides is 3. The molecule has 0 aliphatic carbocycles. The molecule has 10 heteroatoms. The smallest absolute Gasteiger partial charge is 0.340 e. The Hall–Kier alpha value is -3.04. The van der Waals surface area contributed by atoms with Crippen molar-refractivity contribution in [1.29, 1.82) is 0 Å². The number of anilines is 1. The molecule has 0 saturated carbocycles. The molecule has 0 amide bonds. The Balaban J connectivity index is 1.74. The molecular weight excluding hydrogens is 337 g/mol. The van der Waals surface area contributed by atoms with Gasteiger partial charge in [-0.15, -0.1) is 0 Å². The summed E-state index contributed by atoms with van der Waals surface area (Å²) in [6.45, 7) is 2.46. The van der Waals surface area contributed by atoms with Crippen LogP contribution in [0.1, 0.15) is 17.1 Å². The second-order valence-corrected chi connectivity index (χ2v) is 5.35. The van der Waals surface area contributed by atoms with Crippen LogP contribution in [0.15, 0.2) is 35.2 Å². The first-order chi connectivity index (χ1) is 11.8. The van der Waals surface area contributed by atoms with E-state index in [-0.39, 0.29) is 11.4 Å². The maximum absolute atomic E-state index is 12.5. The number of hydrogen-bond acceptors (Lipinski definition) is 7. The van der Waals surface area contributed by atoms with E-state index in [4.69, 9.17) is 0 Å². The summed E-state index contributed by atoms with van der Waals surface area (Å²) in [5.74, 6) is -1.21. The topological polar surface area (TPSA) is 80.8 Å². The molecule has 0 aliphatic heterocycles. The molecule has 0 unspecified atom stereocenters. The Bertz CT molecular complexity index is 862. The molecule has 3 rings (SSSR count). The van der Waals surface area contributed by atoms with Gasteiger partial charge in [-0.2, -0.15) is 18.2 Å². The zero-order chi connectivity index (χ0) is 18.0. The Morgan fingerprint density at radius 2 is 1.88 bits per heavy atom. The highest BCUT2D eigenvalue weighted by molar-refractivity contribution is 5.52. The minimum Gasteiger partial charge on any atom is -0.340 e. The van der Waals surface area contributed by atoms with Crippen LogP contribution in [0.3, 0.4) is 0 Å². The SMILES string of the molecule is Cc1cc(CN(C)c2ncc(-c3noc(C(F)(F)F)n3)cn2)ccn1. The van der Waals surface area contributed by atoms with Crippen molar-refractivity contribution in [3.63, 3.8) is 0 Å². The Kier molecular flexibility index (Phi) is 4.34. The van der Waals surface area contributed by atoms with Crippen molar-refractivity contribution in [2.75, 3.05) is 11.9 Å². The normalized spacial score (nSPS) is 11.6. The predicted octanol–water partition coefficient (Wildman–Crippen LogP) is 2.89. The molecule has 0 fully saturated rings. The molecule has 0 N–H and O–H groups in total. The van der Waals surface area contributed by atoms with Gasteiger partial charge in [0.15, 0.2) is 0 Å². The number of halogens is 3. The molecule has 130 valence electrons. The third-order valence-electron chi connectivity index (χ3n) is 3.29. The van der Waals surface area contributed by atoms with Crippen LogP contribution < -0.4 is 4.90 Å². The largest absolute Gasteiger partial charge is 0.471 e. The van der Waals surface area contributed by atoms with Gasteiger partial charge in [-0.05, 0) is 24.6 Å². The second kappa shape index (κ2) is 6.46. The van der Waals surface area contributed by atoms with E-state index in [1.54, 1.807) is 18.1 Å². The summed E-state index contributed by atoms with van der Waals surface area (Å²) in [6, 6.07) is 3.83. The van der Waals surface area contributed by atoms with Gasteiger partial charge in [-0.3, -0.25) is 4.98 Å². The fourth-order valence-electron chi connectivity index (χ4n) is 2.14. The second-order valence-electron chi connectivity index (χ2n) is 5.35. The van der Waals surface area contributed by atoms with E-state index >= 15 is 0 Å². The highest BCUT2D eigenvalue weighted by Gasteiger charge is 2.38. The quantitative estimate of drug-likeness (QED) is 0.715. The lowest BCUT2D eigenvalue weighted by atomic mass is 10.2. The molecular formula is C15H13F3N6O. The van der Waals surface area contributed by atoms with Crippen LogP contribution in [0.2, 0.25) is 0 Å². The number of pyridine rings is 1. The maximum Gasteiger partial charge on any atom is 0.471 e. The fraction of sp³-hybridized carbons (Fsp3) is 0.267. The molecule has 3 heterocycles. The van der Waals surface area contributed by atoms with Crippen molar-refractivity contribution in [3.05, 3.63) is 47.9 Å². The highest BCUT2D eigenvalue weighted by atomic mass is 19.4. The molecule has 3 aromatic rings. The van der Waals surface area contributed by atoms with Gasteiger partial charge in [0.1, 0.15) is 0 Å². The first-order valence-electron chi connectivity index (χ1n) is 7.19. The molecule has 0 bridgehead atoms. The van der Waals surface area contributed by atoms with Crippen LogP contribution in [0.25, 0.3) is 11.4 Å². The molecule has 25 heavy (non-hydrogen) atoms. The molecule has 0 saturated heterocycles. The highest BCUT2D eigenvalue weighted by Crippen LogP contribution is 2.29. The van der Waals surface area contributed by atoms with Crippen molar-refractivity contribution < 1.29 is 17.7 Å². The Morgan fingerprint density at radius 1 is 1.16 bits per heavy atom. The van der Waals surface area contributed by atoms with E-state index in [0.717, 1.165) is 11.3 Å². The third kappa shape index (κ3) is 3.90. The van der Waals surface area contributed by atoms with Crippen molar-refractivity contribution in [2.24, 2.45) is 0 Å². The van der Waals surface area contributed by atoms with Crippen molar-refractivity contribution in [2.45, 2.75) is 19.6 Å². The van der Waals surface area contributed by atoms with Gasteiger partial charge >= 0.3 is 12.1 Å². The van der Waals surface area contributed by atoms with Crippen molar-refractivity contribution >= 4 is 5.95 Å². The number of nitrogens with zero attached hydrogens (tertiary/aromatic N) is 6. The van der Waals surface area contributed by atoms with Crippen LogP contribution in [0, 0.1) is 6.92 Å². The Morgan fingerprint density at radius 3 is 2.48 bits per heavy atom. The zero-order valence-electron chi connectivity index (χ0n) is 13.3. The van der Waals surface area contributed by atoms with Gasteiger partial charge in [-0.25, -0.2) is 9.97 Å². The van der Waals surface area contributed by atoms with Crippen molar-refractivity contribution in [1.82, 2.24) is 25.1 Å². The monoisotopic (exact) mass is 350 g/mol. The van der Waals surface area contributed by atoms with Gasteiger partial charge in [-0.1, -0.05) is 5.16 Å². The summed E-state index contributed by atoms with van der Waals surface area (Å²) in [5, 5.41) is 3.30. The predicted molar refractivity (Wildman–Crippen MR) is 81.4 cm³/mol. The first-order valence-corrected chi connectivity index (χ1v) is 7.19. The molecule has 0 aliphatic rings. The molecule has 3 aromatic heterocycles. The summed E-state index contributed by atoms with van der Waals surface area (Å²) >= 11 is 0. The molecule has 7 nitrogen and oxygen atoms in total. The number of rotatable bonds is 4. The molecule has 0 aromatic carbocycles. The lowest BCUT2D eigenvalue weighted by molar-refractivity contribution is -0.159. The fourth-order valence-corrected chi connectivity index (χ4v) is 2.14. The summed E-state index contributed by atoms with van der Waals surface area (Å²) in [5.41, 5.74) is 2.17. The summed E-state index contributed by atoms with van der Waals surface area (Å²) < 4.78 is 41.6. The van der Waals surface area contributed by atoms with E-state index in [1.165, 1.54) is 12.4 Å². The number of aromatic nitrogens is 5. The number of hydrogen-bond donors (Lipinski definition) is 0. The molecule has 0 radical (unpaired) electrons. The number of aryl methyl sites for hydroxylation is 1. The van der Waals surface area contributed by atoms with E-state index < -0.39 is 12.1 Å². The summed E-state index contributed by atoms with van der Waals surface area (Å²) in [6.07, 6.45) is -0.269. The van der Waals surface area contributed by atoms with Crippen LogP contribution in [0.5, 0.6) is 0 Å². The van der Waals surface area contributed by atoms with Crippen LogP contribution >= 0.6 is 0 Å². The molecule has 0 atom stereocenters. The lowest BCUT2D eigenvalue weighted by Gasteiger charge is -2.17. The average molecular weight is 350 g/mol. The van der Waals surface area contributed by atoms with Crippen LogP contribution in [0.4, 0.5) is 19.1 Å². The maximum atomic E-state index is 12.5. The first kappa shape index (κ1) is 16.8. The average Bonchev–Trinajstić information content (AvgIpc) is 3.05. The lowest BCUT2D eigenvalue weighted by Crippen LogP contribution is -2.19. The van der Waals surface area contributed by atoms with E-state index in [0.29, 0.717) is 12.5 Å². The van der Waals surface area contributed by atoms with Gasteiger partial charge < -0.3 is 9.42 Å². The van der Waals surface area contributed by atoms with Crippen LogP contribution in [-0.2, 0) is 12.7 Å². The summed E-state index contributed by atoms with van der Waals surface area (Å²) in [7, 11) is 1.81. The minimum absolute atomic E-state index is 0.216. The van der Waals surface area contributed by atoms with E-state index in [9.17, 15) is 13.2 Å². The van der Waals surface area contributed by atoms with E-state index in [2.05, 4.69) is 29.6 Å². The third-order valence-corrected chi connectivity index (χ3v) is 3.29. The van der Waals surface area contributed by atoms with Gasteiger partial charge in [0.25, 0.3) is 0 Å². The van der Waals surface area contributed by atoms with Gasteiger partial charge in [0.2, 0.25) is 11.8 Å². The summed E-state index contributed by atoms with van der Waals surface area (Å²) in [4.78, 5) is 17.5. The minimum atomic E-state index is -4.69. The molecule has 0 spiro atoms. The van der Waals surface area contributed by atoms with Crippen LogP contribution in [-0.4, -0.2) is 32.1 Å². The van der Waals surface area contributed by atoms with Gasteiger partial charge in [0.05, 0.1) is 5.56 Å².